The fraction of sp³-hybridized carbons (Fsp3) is 0.250. The van der Waals surface area contributed by atoms with Gasteiger partial charge >= 0.3 is 0 Å². The second-order valence-electron chi connectivity index (χ2n) is 8.52. The maximum Gasteiger partial charge on any atom is 0.289 e. The summed E-state index contributed by atoms with van der Waals surface area (Å²) in [7, 11) is 0. The second kappa shape index (κ2) is 11.0. The second-order valence-corrected chi connectivity index (χ2v) is 8.52. The number of ether oxygens (including phenoxy) is 2. The Bertz CT molecular complexity index is 1380. The van der Waals surface area contributed by atoms with Crippen molar-refractivity contribution in [2.75, 3.05) is 49.6 Å². The number of rotatable bonds is 8. The Balaban J connectivity index is 1.24. The smallest absolute Gasteiger partial charge is 0.289 e. The van der Waals surface area contributed by atoms with Crippen molar-refractivity contribution in [1.29, 1.82) is 0 Å². The number of anilines is 2. The lowest BCUT2D eigenvalue weighted by Gasteiger charge is -2.35. The molecule has 37 heavy (non-hydrogen) atoms. The maximum absolute atomic E-state index is 12.6. The summed E-state index contributed by atoms with van der Waals surface area (Å²) < 4.78 is 16.7. The van der Waals surface area contributed by atoms with Gasteiger partial charge in [-0.05, 0) is 49.4 Å². The van der Waals surface area contributed by atoms with Crippen molar-refractivity contribution in [3.8, 4) is 11.5 Å². The summed E-state index contributed by atoms with van der Waals surface area (Å²) in [4.78, 5) is 33.9. The normalized spacial score (nSPS) is 13.4. The number of hydrogen-bond donors (Lipinski definition) is 1. The monoisotopic (exact) mass is 500 g/mol. The number of piperazine rings is 1. The summed E-state index contributed by atoms with van der Waals surface area (Å²) in [6, 6.07) is 20.3. The Labute approximate surface area is 214 Å². The Morgan fingerprint density at radius 3 is 2.51 bits per heavy atom. The molecular weight excluding hydrogens is 472 g/mol. The number of nitrogens with zero attached hydrogens (tertiary/aromatic N) is 3. The number of hydrogen-bond acceptors (Lipinski definition) is 7. The average molecular weight is 501 g/mol. The quantitative estimate of drug-likeness (QED) is 0.387. The number of carbonyl (C=O) groups is 2. The van der Waals surface area contributed by atoms with Gasteiger partial charge in [0.05, 0.1) is 18.6 Å². The van der Waals surface area contributed by atoms with Crippen LogP contribution in [0.25, 0.3) is 10.9 Å². The number of para-hydroxylation sites is 3. The molecular formula is C28H28N4O5. The van der Waals surface area contributed by atoms with Crippen molar-refractivity contribution in [2.24, 2.45) is 0 Å². The van der Waals surface area contributed by atoms with Gasteiger partial charge in [0, 0.05) is 31.6 Å². The number of fused-ring (bicyclic) bond motifs is 1. The molecule has 2 aromatic carbocycles. The molecule has 1 fully saturated rings. The molecule has 0 spiro atoms. The van der Waals surface area contributed by atoms with E-state index in [9.17, 15) is 9.59 Å². The highest BCUT2D eigenvalue weighted by atomic mass is 16.5. The molecule has 1 aliphatic rings. The van der Waals surface area contributed by atoms with Crippen LogP contribution in [0.5, 0.6) is 11.5 Å². The van der Waals surface area contributed by atoms with Gasteiger partial charge in [-0.3, -0.25) is 9.59 Å². The molecule has 9 heteroatoms. The molecule has 2 aromatic heterocycles. The van der Waals surface area contributed by atoms with Gasteiger partial charge in [-0.25, -0.2) is 4.98 Å². The Morgan fingerprint density at radius 1 is 0.919 bits per heavy atom. The summed E-state index contributed by atoms with van der Waals surface area (Å²) in [6.07, 6.45) is 1.51. The van der Waals surface area contributed by atoms with Gasteiger partial charge in [-0.2, -0.15) is 0 Å². The van der Waals surface area contributed by atoms with Gasteiger partial charge in [0.25, 0.3) is 11.8 Å². The van der Waals surface area contributed by atoms with Gasteiger partial charge in [-0.15, -0.1) is 0 Å². The van der Waals surface area contributed by atoms with Gasteiger partial charge in [-0.1, -0.05) is 24.3 Å². The zero-order chi connectivity index (χ0) is 25.6. The zero-order valence-electron chi connectivity index (χ0n) is 20.6. The van der Waals surface area contributed by atoms with Crippen molar-refractivity contribution in [3.63, 3.8) is 0 Å². The Hall–Kier alpha value is -4.53. The van der Waals surface area contributed by atoms with Crippen LogP contribution in [-0.2, 0) is 4.79 Å². The van der Waals surface area contributed by atoms with Gasteiger partial charge in [0.15, 0.2) is 12.4 Å². The van der Waals surface area contributed by atoms with Crippen molar-refractivity contribution in [2.45, 2.75) is 6.92 Å². The lowest BCUT2D eigenvalue weighted by atomic mass is 10.2. The average Bonchev–Trinajstić information content (AvgIpc) is 3.48. The molecule has 0 atom stereocenters. The van der Waals surface area contributed by atoms with Crippen molar-refractivity contribution >= 4 is 34.2 Å². The van der Waals surface area contributed by atoms with E-state index < -0.39 is 0 Å². The van der Waals surface area contributed by atoms with E-state index in [1.165, 1.54) is 6.26 Å². The Kier molecular flexibility index (Phi) is 7.21. The highest BCUT2D eigenvalue weighted by Crippen LogP contribution is 2.28. The molecule has 190 valence electrons. The molecule has 0 unspecified atom stereocenters. The first-order chi connectivity index (χ1) is 18.1. The van der Waals surface area contributed by atoms with Crippen LogP contribution in [-0.4, -0.2) is 61.1 Å². The minimum absolute atomic E-state index is 0.103. The number of aromatic nitrogens is 1. The lowest BCUT2D eigenvalue weighted by Crippen LogP contribution is -2.49. The molecule has 1 saturated heterocycles. The van der Waals surface area contributed by atoms with E-state index in [4.69, 9.17) is 18.9 Å². The molecule has 1 aliphatic heterocycles. The van der Waals surface area contributed by atoms with E-state index in [2.05, 4.69) is 10.2 Å². The van der Waals surface area contributed by atoms with E-state index in [1.54, 1.807) is 29.2 Å². The molecule has 3 heterocycles. The summed E-state index contributed by atoms with van der Waals surface area (Å²) in [5, 5.41) is 3.76. The molecule has 1 N–H and O–H groups in total. The van der Waals surface area contributed by atoms with E-state index >= 15 is 0 Å². The predicted octanol–water partition coefficient (Wildman–Crippen LogP) is 4.21. The van der Waals surface area contributed by atoms with E-state index in [0.717, 1.165) is 11.2 Å². The predicted molar refractivity (Wildman–Crippen MR) is 140 cm³/mol. The molecule has 9 nitrogen and oxygen atoms in total. The molecule has 0 radical (unpaired) electrons. The van der Waals surface area contributed by atoms with Crippen LogP contribution < -0.4 is 19.7 Å². The fourth-order valence-corrected chi connectivity index (χ4v) is 4.28. The lowest BCUT2D eigenvalue weighted by molar-refractivity contribution is -0.118. The molecule has 0 bridgehead atoms. The number of benzene rings is 2. The van der Waals surface area contributed by atoms with Gasteiger partial charge in [0.1, 0.15) is 22.8 Å². The topological polar surface area (TPSA) is 97.1 Å². The van der Waals surface area contributed by atoms with Gasteiger partial charge in [0.2, 0.25) is 0 Å². The number of carbonyl (C=O) groups excluding carboxylic acids is 2. The van der Waals surface area contributed by atoms with Crippen LogP contribution in [0, 0.1) is 0 Å². The minimum Gasteiger partial charge on any atom is -0.492 e. The molecule has 0 aliphatic carbocycles. The number of nitrogens with one attached hydrogen (secondary N) is 1. The summed E-state index contributed by atoms with van der Waals surface area (Å²) in [5.74, 6) is 1.89. The fourth-order valence-electron chi connectivity index (χ4n) is 4.28. The first kappa shape index (κ1) is 24.2. The van der Waals surface area contributed by atoms with Crippen LogP contribution in [0.3, 0.4) is 0 Å². The third-order valence-corrected chi connectivity index (χ3v) is 6.11. The highest BCUT2D eigenvalue weighted by molar-refractivity contribution is 5.94. The minimum atomic E-state index is -0.294. The standard InChI is InChI=1S/C28H28N4O5/c1-2-35-22-9-4-3-8-21(22)29-26(33)19-37-23-10-5-7-20-12-13-25(30-27(20)23)31-14-16-32(17-15-31)28(34)24-11-6-18-36-24/h3-13,18H,2,14-17,19H2,1H3,(H,29,33). The largest absolute Gasteiger partial charge is 0.492 e. The third kappa shape index (κ3) is 5.50. The summed E-state index contributed by atoms with van der Waals surface area (Å²) >= 11 is 0. The van der Waals surface area contributed by atoms with Crippen LogP contribution in [0.4, 0.5) is 11.5 Å². The van der Waals surface area contributed by atoms with Crippen LogP contribution in [0.2, 0.25) is 0 Å². The molecule has 4 aromatic rings. The van der Waals surface area contributed by atoms with Crippen molar-refractivity contribution in [3.05, 3.63) is 78.8 Å². The Morgan fingerprint density at radius 2 is 1.73 bits per heavy atom. The molecule has 0 saturated carbocycles. The zero-order valence-corrected chi connectivity index (χ0v) is 20.6. The van der Waals surface area contributed by atoms with Crippen LogP contribution in [0.1, 0.15) is 17.5 Å². The summed E-state index contributed by atoms with van der Waals surface area (Å²) in [6.45, 7) is 4.67. The van der Waals surface area contributed by atoms with Gasteiger partial charge < -0.3 is 29.0 Å². The number of pyridine rings is 1. The third-order valence-electron chi connectivity index (χ3n) is 6.11. The summed E-state index contributed by atoms with van der Waals surface area (Å²) in [5.41, 5.74) is 1.28. The van der Waals surface area contributed by atoms with Crippen molar-refractivity contribution < 1.29 is 23.5 Å². The highest BCUT2D eigenvalue weighted by Gasteiger charge is 2.24. The first-order valence-electron chi connectivity index (χ1n) is 12.2. The van der Waals surface area contributed by atoms with E-state index in [-0.39, 0.29) is 18.4 Å². The molecule has 5 rings (SSSR count). The SMILES string of the molecule is CCOc1ccccc1NC(=O)COc1cccc2ccc(N3CCN(C(=O)c4ccco4)CC3)nc12. The van der Waals surface area contributed by atoms with E-state index in [0.29, 0.717) is 61.2 Å². The number of amides is 2. The van der Waals surface area contributed by atoms with Crippen molar-refractivity contribution in [1.82, 2.24) is 9.88 Å². The number of furan rings is 1. The molecule has 2 amide bonds. The van der Waals surface area contributed by atoms with Crippen LogP contribution in [0.15, 0.2) is 77.4 Å². The van der Waals surface area contributed by atoms with Crippen LogP contribution >= 0.6 is 0 Å². The first-order valence-corrected chi connectivity index (χ1v) is 12.2. The maximum atomic E-state index is 12.6. The van der Waals surface area contributed by atoms with E-state index in [1.807, 2.05) is 49.4 Å².